The minimum atomic E-state index is 0. The van der Waals surface area contributed by atoms with Crippen molar-refractivity contribution in [2.45, 2.75) is 0 Å². The SMILES string of the molecule is O.Oc1ccc(Nc2ccnc3cn[nH]c23)cc1.Oc1ccc(Nc2ccnc3cn[nH]c23)cc1. The number of anilines is 4. The number of hydrogen-bond donors (Lipinski definition) is 6. The van der Waals surface area contributed by atoms with E-state index in [4.69, 9.17) is 0 Å². The smallest absolute Gasteiger partial charge is 0.115 e. The van der Waals surface area contributed by atoms with Gasteiger partial charge in [0.25, 0.3) is 0 Å². The van der Waals surface area contributed by atoms with E-state index in [1.165, 1.54) is 0 Å². The van der Waals surface area contributed by atoms with Crippen molar-refractivity contribution in [3.05, 3.63) is 85.5 Å². The zero-order valence-electron chi connectivity index (χ0n) is 18.3. The maximum atomic E-state index is 9.21. The van der Waals surface area contributed by atoms with Crippen molar-refractivity contribution in [3.8, 4) is 11.5 Å². The number of hydrogen-bond acceptors (Lipinski definition) is 8. The van der Waals surface area contributed by atoms with Gasteiger partial charge in [0.05, 0.1) is 23.8 Å². The Kier molecular flexibility index (Phi) is 6.70. The molecule has 2 aromatic carbocycles. The number of aromatic nitrogens is 6. The maximum Gasteiger partial charge on any atom is 0.115 e. The van der Waals surface area contributed by atoms with Crippen LogP contribution in [0.15, 0.2) is 85.5 Å². The highest BCUT2D eigenvalue weighted by Crippen LogP contribution is 2.25. The quantitative estimate of drug-likeness (QED) is 0.209. The van der Waals surface area contributed by atoms with Crippen molar-refractivity contribution in [2.75, 3.05) is 10.6 Å². The number of aromatic amines is 2. The van der Waals surface area contributed by atoms with Crippen LogP contribution in [0, 0.1) is 0 Å². The van der Waals surface area contributed by atoms with Crippen molar-refractivity contribution in [1.82, 2.24) is 30.4 Å². The fourth-order valence-electron chi connectivity index (χ4n) is 3.31. The molecule has 11 nitrogen and oxygen atoms in total. The number of phenolic OH excluding ortho intramolecular Hbond substituents is 2. The third-order valence-corrected chi connectivity index (χ3v) is 4.98. The highest BCUT2D eigenvalue weighted by Gasteiger charge is 2.04. The summed E-state index contributed by atoms with van der Waals surface area (Å²) in [5, 5.41) is 38.6. The Labute approximate surface area is 198 Å². The van der Waals surface area contributed by atoms with Crippen LogP contribution < -0.4 is 10.6 Å². The van der Waals surface area contributed by atoms with Gasteiger partial charge in [-0.2, -0.15) is 10.2 Å². The number of nitrogens with zero attached hydrogens (tertiary/aromatic N) is 4. The number of aromatic hydroxyl groups is 2. The molecule has 35 heavy (non-hydrogen) atoms. The van der Waals surface area contributed by atoms with E-state index in [-0.39, 0.29) is 17.0 Å². The van der Waals surface area contributed by atoms with Gasteiger partial charge < -0.3 is 26.3 Å². The predicted octanol–water partition coefficient (Wildman–Crippen LogP) is 3.99. The normalized spacial score (nSPS) is 10.3. The van der Waals surface area contributed by atoms with Gasteiger partial charge in [0.15, 0.2) is 0 Å². The average molecular weight is 470 g/mol. The predicted molar refractivity (Wildman–Crippen MR) is 134 cm³/mol. The zero-order chi connectivity index (χ0) is 23.3. The molecule has 0 unspecified atom stereocenters. The first kappa shape index (κ1) is 23.0. The van der Waals surface area contributed by atoms with Crippen LogP contribution in [0.3, 0.4) is 0 Å². The van der Waals surface area contributed by atoms with Gasteiger partial charge >= 0.3 is 0 Å². The fourth-order valence-corrected chi connectivity index (χ4v) is 3.31. The molecule has 11 heteroatoms. The molecule has 0 saturated carbocycles. The van der Waals surface area contributed by atoms with E-state index in [0.717, 1.165) is 44.8 Å². The zero-order valence-corrected chi connectivity index (χ0v) is 18.3. The lowest BCUT2D eigenvalue weighted by atomic mass is 10.2. The number of rotatable bonds is 4. The minimum absolute atomic E-state index is 0. The molecule has 6 aromatic rings. The maximum absolute atomic E-state index is 9.21. The first-order valence-electron chi connectivity index (χ1n) is 10.3. The van der Waals surface area contributed by atoms with Crippen molar-refractivity contribution in [1.29, 1.82) is 0 Å². The molecule has 0 bridgehead atoms. The third kappa shape index (κ3) is 5.26. The standard InChI is InChI=1S/2C12H10N4O.H2O/c2*17-9-3-1-8(2-4-9)15-10-5-6-13-11-7-14-16-12(10)11;/h2*1-7,17H,(H,13,15)(H,14,16);1H2. The van der Waals surface area contributed by atoms with Gasteiger partial charge in [-0.25, -0.2) is 0 Å². The monoisotopic (exact) mass is 470 g/mol. The Morgan fingerprint density at radius 3 is 1.37 bits per heavy atom. The minimum Gasteiger partial charge on any atom is -0.508 e. The first-order valence-corrected chi connectivity index (χ1v) is 10.3. The Bertz CT molecular complexity index is 1410. The molecule has 0 aliphatic heterocycles. The van der Waals surface area contributed by atoms with Crippen molar-refractivity contribution < 1.29 is 15.7 Å². The molecule has 6 rings (SSSR count). The van der Waals surface area contributed by atoms with Crippen LogP contribution in [0.2, 0.25) is 0 Å². The Hall–Kier alpha value is -5.16. The lowest BCUT2D eigenvalue weighted by Crippen LogP contribution is -1.91. The highest BCUT2D eigenvalue weighted by atomic mass is 16.3. The molecule has 176 valence electrons. The topological polar surface area (TPSA) is 179 Å². The summed E-state index contributed by atoms with van der Waals surface area (Å²) < 4.78 is 0. The second-order valence-corrected chi connectivity index (χ2v) is 7.32. The van der Waals surface area contributed by atoms with Gasteiger partial charge in [-0.15, -0.1) is 0 Å². The Morgan fingerprint density at radius 1 is 0.571 bits per heavy atom. The van der Waals surface area contributed by atoms with Crippen LogP contribution in [0.25, 0.3) is 22.1 Å². The molecule has 0 fully saturated rings. The summed E-state index contributed by atoms with van der Waals surface area (Å²) in [5.74, 6) is 0.494. The van der Waals surface area contributed by atoms with Crippen LogP contribution in [0.5, 0.6) is 11.5 Å². The van der Waals surface area contributed by atoms with Crippen molar-refractivity contribution >= 4 is 44.8 Å². The van der Waals surface area contributed by atoms with Crippen LogP contribution in [0.4, 0.5) is 22.7 Å². The van der Waals surface area contributed by atoms with Crippen molar-refractivity contribution in [3.63, 3.8) is 0 Å². The van der Waals surface area contributed by atoms with E-state index >= 15 is 0 Å². The first-order chi connectivity index (χ1) is 16.7. The van der Waals surface area contributed by atoms with E-state index in [1.54, 1.807) is 73.3 Å². The summed E-state index contributed by atoms with van der Waals surface area (Å²) in [4.78, 5) is 8.37. The summed E-state index contributed by atoms with van der Waals surface area (Å²) in [6, 6.07) is 17.5. The van der Waals surface area contributed by atoms with Gasteiger partial charge in [0.2, 0.25) is 0 Å². The van der Waals surface area contributed by atoms with Crippen LogP contribution in [0.1, 0.15) is 0 Å². The second-order valence-electron chi connectivity index (χ2n) is 7.32. The molecule has 0 atom stereocenters. The van der Waals surface area contributed by atoms with Gasteiger partial charge in [-0.1, -0.05) is 0 Å². The van der Waals surface area contributed by atoms with Gasteiger partial charge in [0.1, 0.15) is 33.6 Å². The number of benzene rings is 2. The number of phenols is 2. The second kappa shape index (κ2) is 10.2. The molecule has 0 radical (unpaired) electrons. The molecular weight excluding hydrogens is 448 g/mol. The largest absolute Gasteiger partial charge is 0.508 e. The lowest BCUT2D eigenvalue weighted by Gasteiger charge is -2.06. The summed E-state index contributed by atoms with van der Waals surface area (Å²) >= 11 is 0. The molecule has 0 amide bonds. The molecule has 0 aliphatic carbocycles. The molecule has 4 aromatic heterocycles. The number of pyridine rings is 2. The number of nitrogens with one attached hydrogen (secondary N) is 4. The van der Waals surface area contributed by atoms with Crippen LogP contribution >= 0.6 is 0 Å². The molecule has 0 spiro atoms. The highest BCUT2D eigenvalue weighted by molar-refractivity contribution is 5.89. The van der Waals surface area contributed by atoms with E-state index < -0.39 is 0 Å². The third-order valence-electron chi connectivity index (χ3n) is 4.98. The molecule has 4 heterocycles. The van der Waals surface area contributed by atoms with Crippen LogP contribution in [-0.4, -0.2) is 46.1 Å². The number of H-pyrrole nitrogens is 2. The van der Waals surface area contributed by atoms with E-state index in [1.807, 2.05) is 12.1 Å². The molecule has 8 N–H and O–H groups in total. The van der Waals surface area contributed by atoms with Gasteiger partial charge in [-0.05, 0) is 60.7 Å². The molecular formula is C24H22N8O3. The average Bonchev–Trinajstić information content (AvgIpc) is 3.53. The summed E-state index contributed by atoms with van der Waals surface area (Å²) in [6.45, 7) is 0. The summed E-state index contributed by atoms with van der Waals surface area (Å²) in [6.07, 6.45) is 6.80. The molecule has 0 saturated heterocycles. The van der Waals surface area contributed by atoms with E-state index in [0.29, 0.717) is 0 Å². The van der Waals surface area contributed by atoms with E-state index in [9.17, 15) is 10.2 Å². The number of fused-ring (bicyclic) bond motifs is 2. The summed E-state index contributed by atoms with van der Waals surface area (Å²) in [7, 11) is 0. The lowest BCUT2D eigenvalue weighted by molar-refractivity contribution is 0.475. The van der Waals surface area contributed by atoms with Crippen molar-refractivity contribution in [2.24, 2.45) is 0 Å². The van der Waals surface area contributed by atoms with Gasteiger partial charge in [0, 0.05) is 23.8 Å². The Balaban J connectivity index is 0.000000160. The van der Waals surface area contributed by atoms with Crippen LogP contribution in [-0.2, 0) is 0 Å². The molecule has 0 aliphatic rings. The summed E-state index contributed by atoms with van der Waals surface area (Å²) in [5.41, 5.74) is 6.94. The van der Waals surface area contributed by atoms with Gasteiger partial charge in [-0.3, -0.25) is 20.2 Å². The van der Waals surface area contributed by atoms with E-state index in [2.05, 4.69) is 41.0 Å². The Morgan fingerprint density at radius 2 is 0.971 bits per heavy atom. The fraction of sp³-hybridized carbons (Fsp3) is 0.